The highest BCUT2D eigenvalue weighted by molar-refractivity contribution is 5.25. The highest BCUT2D eigenvalue weighted by Gasteiger charge is 2.64. The van der Waals surface area contributed by atoms with E-state index in [-0.39, 0.29) is 5.54 Å². The molecule has 0 bridgehead atoms. The molecule has 3 atom stereocenters. The average Bonchev–Trinajstić information content (AvgIpc) is 2.86. The third-order valence-corrected chi connectivity index (χ3v) is 4.63. The van der Waals surface area contributed by atoms with Gasteiger partial charge in [0.15, 0.2) is 0 Å². The van der Waals surface area contributed by atoms with Gasteiger partial charge in [0.05, 0.1) is 0 Å². The predicted molar refractivity (Wildman–Crippen MR) is 66.1 cm³/mol. The highest BCUT2D eigenvalue weighted by atomic mass is 15.1. The van der Waals surface area contributed by atoms with Crippen LogP contribution in [0.15, 0.2) is 30.3 Å². The van der Waals surface area contributed by atoms with Crippen molar-refractivity contribution in [2.75, 3.05) is 13.1 Å². The van der Waals surface area contributed by atoms with Crippen molar-refractivity contribution in [3.05, 3.63) is 35.9 Å². The summed E-state index contributed by atoms with van der Waals surface area (Å²) in [5.74, 6) is 0.778. The smallest absolute Gasteiger partial charge is 0.0324 e. The van der Waals surface area contributed by atoms with Gasteiger partial charge in [-0.3, -0.25) is 0 Å². The van der Waals surface area contributed by atoms with Gasteiger partial charge in [-0.25, -0.2) is 0 Å². The monoisotopic (exact) mass is 216 g/mol. The SMILES string of the molecule is C[C@@]1(N)CNCC12CC2Cc1ccccc1. The molecular formula is C14H20N2. The Morgan fingerprint density at radius 2 is 2.06 bits per heavy atom. The Kier molecular flexibility index (Phi) is 2.13. The molecule has 1 spiro atoms. The van der Waals surface area contributed by atoms with E-state index >= 15 is 0 Å². The fourth-order valence-corrected chi connectivity index (χ4v) is 3.39. The molecule has 2 aliphatic rings. The molecule has 1 aliphatic heterocycles. The molecule has 1 aromatic carbocycles. The molecular weight excluding hydrogens is 196 g/mol. The Morgan fingerprint density at radius 1 is 1.31 bits per heavy atom. The Bertz CT molecular complexity index is 385. The zero-order valence-electron chi connectivity index (χ0n) is 9.87. The van der Waals surface area contributed by atoms with Crippen molar-refractivity contribution in [3.8, 4) is 0 Å². The van der Waals surface area contributed by atoms with E-state index in [1.807, 2.05) is 0 Å². The minimum atomic E-state index is -0.00749. The molecule has 2 nitrogen and oxygen atoms in total. The van der Waals surface area contributed by atoms with Gasteiger partial charge in [0.1, 0.15) is 0 Å². The number of nitrogens with two attached hydrogens (primary N) is 1. The van der Waals surface area contributed by atoms with Crippen LogP contribution in [0, 0.1) is 11.3 Å². The van der Waals surface area contributed by atoms with Gasteiger partial charge in [-0.05, 0) is 31.2 Å². The van der Waals surface area contributed by atoms with Crippen molar-refractivity contribution >= 4 is 0 Å². The summed E-state index contributed by atoms with van der Waals surface area (Å²) in [7, 11) is 0. The second-order valence-corrected chi connectivity index (χ2v) is 5.77. The van der Waals surface area contributed by atoms with E-state index in [1.165, 1.54) is 18.4 Å². The van der Waals surface area contributed by atoms with E-state index in [2.05, 4.69) is 42.6 Å². The van der Waals surface area contributed by atoms with Crippen molar-refractivity contribution < 1.29 is 0 Å². The van der Waals surface area contributed by atoms with Crippen LogP contribution in [0.1, 0.15) is 18.9 Å². The van der Waals surface area contributed by atoms with Crippen molar-refractivity contribution in [1.29, 1.82) is 0 Å². The summed E-state index contributed by atoms with van der Waals surface area (Å²) in [5, 5.41) is 3.46. The van der Waals surface area contributed by atoms with Crippen LogP contribution in [0.3, 0.4) is 0 Å². The van der Waals surface area contributed by atoms with E-state index in [1.54, 1.807) is 0 Å². The highest BCUT2D eigenvalue weighted by Crippen LogP contribution is 2.61. The van der Waals surface area contributed by atoms with Crippen LogP contribution in [0.5, 0.6) is 0 Å². The maximum absolute atomic E-state index is 6.40. The van der Waals surface area contributed by atoms with Crippen LogP contribution in [-0.2, 0) is 6.42 Å². The maximum Gasteiger partial charge on any atom is 0.0324 e. The van der Waals surface area contributed by atoms with E-state index in [9.17, 15) is 0 Å². The fraction of sp³-hybridized carbons (Fsp3) is 0.571. The first-order valence-corrected chi connectivity index (χ1v) is 6.18. The van der Waals surface area contributed by atoms with Gasteiger partial charge >= 0.3 is 0 Å². The Hall–Kier alpha value is -0.860. The largest absolute Gasteiger partial charge is 0.324 e. The average molecular weight is 216 g/mol. The number of nitrogens with one attached hydrogen (secondary N) is 1. The Labute approximate surface area is 97.2 Å². The van der Waals surface area contributed by atoms with Crippen molar-refractivity contribution in [1.82, 2.24) is 5.32 Å². The second kappa shape index (κ2) is 3.31. The lowest BCUT2D eigenvalue weighted by atomic mass is 9.83. The van der Waals surface area contributed by atoms with Crippen LogP contribution in [0.4, 0.5) is 0 Å². The molecule has 0 aromatic heterocycles. The Morgan fingerprint density at radius 3 is 2.69 bits per heavy atom. The number of benzene rings is 1. The van der Waals surface area contributed by atoms with Gasteiger partial charge in [-0.1, -0.05) is 30.3 Å². The molecule has 3 N–H and O–H groups in total. The Balaban J connectivity index is 1.73. The molecule has 2 unspecified atom stereocenters. The predicted octanol–water partition coefficient (Wildman–Crippen LogP) is 1.56. The van der Waals surface area contributed by atoms with Crippen molar-refractivity contribution in [3.63, 3.8) is 0 Å². The van der Waals surface area contributed by atoms with Crippen molar-refractivity contribution in [2.24, 2.45) is 17.1 Å². The van der Waals surface area contributed by atoms with Crippen LogP contribution >= 0.6 is 0 Å². The second-order valence-electron chi connectivity index (χ2n) is 5.77. The van der Waals surface area contributed by atoms with Gasteiger partial charge in [0.25, 0.3) is 0 Å². The molecule has 0 radical (unpaired) electrons. The quantitative estimate of drug-likeness (QED) is 0.787. The molecule has 3 rings (SSSR count). The molecule has 0 amide bonds. The summed E-state index contributed by atoms with van der Waals surface area (Å²) < 4.78 is 0. The maximum atomic E-state index is 6.40. The van der Waals surface area contributed by atoms with Crippen LogP contribution in [-0.4, -0.2) is 18.6 Å². The molecule has 2 heteroatoms. The standard InChI is InChI=1S/C14H20N2/c1-13(15)9-16-10-14(13)8-12(14)7-11-5-3-2-4-6-11/h2-6,12,16H,7-10,15H2,1H3/t12?,13-,14?/m1/s1. The minimum absolute atomic E-state index is 0.00749. The van der Waals surface area contributed by atoms with Gasteiger partial charge < -0.3 is 11.1 Å². The van der Waals surface area contributed by atoms with Crippen LogP contribution < -0.4 is 11.1 Å². The molecule has 1 heterocycles. The van der Waals surface area contributed by atoms with E-state index < -0.39 is 0 Å². The molecule has 2 fully saturated rings. The molecule has 1 saturated carbocycles. The van der Waals surface area contributed by atoms with Gasteiger partial charge in [0.2, 0.25) is 0 Å². The summed E-state index contributed by atoms with van der Waals surface area (Å²) in [6, 6.07) is 10.8. The lowest BCUT2D eigenvalue weighted by molar-refractivity contribution is 0.322. The van der Waals surface area contributed by atoms with Gasteiger partial charge in [0, 0.05) is 24.0 Å². The zero-order chi connectivity index (χ0) is 11.2. The number of rotatable bonds is 2. The third-order valence-electron chi connectivity index (χ3n) is 4.63. The summed E-state index contributed by atoms with van der Waals surface area (Å²) in [4.78, 5) is 0. The van der Waals surface area contributed by atoms with Gasteiger partial charge in [-0.15, -0.1) is 0 Å². The van der Waals surface area contributed by atoms with Crippen LogP contribution in [0.2, 0.25) is 0 Å². The van der Waals surface area contributed by atoms with Crippen LogP contribution in [0.25, 0.3) is 0 Å². The van der Waals surface area contributed by atoms with Gasteiger partial charge in [-0.2, -0.15) is 0 Å². The number of hydrogen-bond acceptors (Lipinski definition) is 2. The molecule has 1 aromatic rings. The summed E-state index contributed by atoms with van der Waals surface area (Å²) in [6.45, 7) is 4.29. The lowest BCUT2D eigenvalue weighted by Gasteiger charge is -2.27. The lowest BCUT2D eigenvalue weighted by Crippen LogP contribution is -2.46. The first-order chi connectivity index (χ1) is 7.64. The molecule has 86 valence electrons. The van der Waals surface area contributed by atoms with E-state index in [0.29, 0.717) is 5.41 Å². The first-order valence-electron chi connectivity index (χ1n) is 6.18. The normalized spacial score (nSPS) is 41.5. The molecule has 1 saturated heterocycles. The summed E-state index contributed by atoms with van der Waals surface area (Å²) in [6.07, 6.45) is 2.48. The van der Waals surface area contributed by atoms with E-state index in [0.717, 1.165) is 19.0 Å². The topological polar surface area (TPSA) is 38.0 Å². The molecule has 16 heavy (non-hydrogen) atoms. The first kappa shape index (κ1) is 10.3. The minimum Gasteiger partial charge on any atom is -0.324 e. The fourth-order valence-electron chi connectivity index (χ4n) is 3.39. The number of hydrogen-bond donors (Lipinski definition) is 2. The molecule has 1 aliphatic carbocycles. The summed E-state index contributed by atoms with van der Waals surface area (Å²) in [5.41, 5.74) is 8.22. The third kappa shape index (κ3) is 1.40. The zero-order valence-corrected chi connectivity index (χ0v) is 9.87. The van der Waals surface area contributed by atoms with Crippen molar-refractivity contribution in [2.45, 2.75) is 25.3 Å². The van der Waals surface area contributed by atoms with E-state index in [4.69, 9.17) is 5.73 Å². The summed E-state index contributed by atoms with van der Waals surface area (Å²) >= 11 is 0.